The van der Waals surface area contributed by atoms with Crippen LogP contribution in [0.2, 0.25) is 0 Å². The lowest BCUT2D eigenvalue weighted by atomic mass is 10.3. The molecule has 1 amide bonds. The maximum absolute atomic E-state index is 11.6. The number of halogens is 1. The highest BCUT2D eigenvalue weighted by molar-refractivity contribution is 6.18. The van der Waals surface area contributed by atoms with Crippen LogP contribution in [0.4, 0.5) is 4.79 Å². The summed E-state index contributed by atoms with van der Waals surface area (Å²) in [6.07, 6.45) is -0.512. The minimum absolute atomic E-state index is 0.0173. The van der Waals surface area contributed by atoms with Gasteiger partial charge in [-0.15, -0.1) is 11.6 Å². The van der Waals surface area contributed by atoms with Crippen LogP contribution in [0.5, 0.6) is 17.2 Å². The summed E-state index contributed by atoms with van der Waals surface area (Å²) in [5, 5.41) is 0. The number of amides is 1. The molecule has 0 aliphatic carbocycles. The highest BCUT2D eigenvalue weighted by atomic mass is 35.5. The summed E-state index contributed by atoms with van der Waals surface area (Å²) in [5.74, 6) is -0.414. The Balaban J connectivity index is 2.26. The Bertz CT molecular complexity index is 508. The molecule has 1 aromatic carbocycles. The van der Waals surface area contributed by atoms with Crippen molar-refractivity contribution in [3.63, 3.8) is 0 Å². The Morgan fingerprint density at radius 2 is 2.15 bits per heavy atom. The van der Waals surface area contributed by atoms with Crippen molar-refractivity contribution >= 4 is 17.7 Å². The van der Waals surface area contributed by atoms with Gasteiger partial charge in [0.1, 0.15) is 5.88 Å². The molecule has 1 aliphatic heterocycles. The summed E-state index contributed by atoms with van der Waals surface area (Å²) < 4.78 is 21.8. The number of para-hydroxylation sites is 1. The first-order chi connectivity index (χ1) is 9.51. The van der Waals surface area contributed by atoms with Crippen molar-refractivity contribution in [1.82, 2.24) is 4.90 Å². The van der Waals surface area contributed by atoms with Gasteiger partial charge in [0.25, 0.3) is 0 Å². The number of alkyl halides is 1. The van der Waals surface area contributed by atoms with Gasteiger partial charge in [-0.05, 0) is 19.1 Å². The van der Waals surface area contributed by atoms with Gasteiger partial charge in [-0.25, -0.2) is 4.79 Å². The molecule has 2 rings (SSSR count). The Morgan fingerprint density at radius 3 is 2.75 bits per heavy atom. The number of carbonyl (C=O) groups excluding carboxylic acids is 1. The smallest absolute Gasteiger partial charge is 0.414 e. The van der Waals surface area contributed by atoms with Crippen LogP contribution in [0, 0.1) is 0 Å². The van der Waals surface area contributed by atoms with Crippen molar-refractivity contribution in [2.45, 2.75) is 12.9 Å². The van der Waals surface area contributed by atoms with Crippen LogP contribution >= 0.6 is 11.6 Å². The highest BCUT2D eigenvalue weighted by Crippen LogP contribution is 2.46. The molecule has 7 heteroatoms. The molecule has 20 heavy (non-hydrogen) atoms. The second kappa shape index (κ2) is 5.76. The van der Waals surface area contributed by atoms with E-state index in [0.29, 0.717) is 18.1 Å². The fourth-order valence-electron chi connectivity index (χ4n) is 1.66. The molecule has 0 bridgehead atoms. The van der Waals surface area contributed by atoms with E-state index in [1.54, 1.807) is 39.2 Å². The quantitative estimate of drug-likeness (QED) is 0.800. The number of hydrogen-bond donors (Lipinski definition) is 0. The maximum atomic E-state index is 11.6. The molecule has 0 saturated heterocycles. The number of rotatable bonds is 4. The molecule has 6 nitrogen and oxygen atoms in total. The second-order valence-electron chi connectivity index (χ2n) is 4.30. The summed E-state index contributed by atoms with van der Waals surface area (Å²) >= 11 is 5.85. The van der Waals surface area contributed by atoms with Gasteiger partial charge in [0.15, 0.2) is 11.5 Å². The molecule has 1 aliphatic rings. The highest BCUT2D eigenvalue weighted by Gasteiger charge is 2.44. The third kappa shape index (κ3) is 2.76. The van der Waals surface area contributed by atoms with E-state index < -0.39 is 12.1 Å². The minimum Gasteiger partial charge on any atom is -0.425 e. The summed E-state index contributed by atoms with van der Waals surface area (Å²) in [6.45, 7) is 2.17. The molecule has 0 fully saturated rings. The first-order valence-corrected chi connectivity index (χ1v) is 6.65. The van der Waals surface area contributed by atoms with Gasteiger partial charge < -0.3 is 23.8 Å². The molecular weight excluding hydrogens is 286 g/mol. The van der Waals surface area contributed by atoms with Gasteiger partial charge in [-0.2, -0.15) is 0 Å². The number of ether oxygens (including phenoxy) is 4. The summed E-state index contributed by atoms with van der Waals surface area (Å²) in [5.41, 5.74) is 0. The predicted molar refractivity (Wildman–Crippen MR) is 72.5 cm³/mol. The van der Waals surface area contributed by atoms with Crippen molar-refractivity contribution in [3.8, 4) is 17.2 Å². The van der Waals surface area contributed by atoms with E-state index in [1.165, 1.54) is 4.90 Å². The zero-order valence-corrected chi connectivity index (χ0v) is 12.3. The van der Waals surface area contributed by atoms with Crippen LogP contribution < -0.4 is 14.2 Å². The van der Waals surface area contributed by atoms with Gasteiger partial charge in [0.2, 0.25) is 5.75 Å². The van der Waals surface area contributed by atoms with Crippen LogP contribution in [0.25, 0.3) is 0 Å². The van der Waals surface area contributed by atoms with Crippen LogP contribution in [-0.2, 0) is 4.74 Å². The number of fused-ring (bicyclic) bond motifs is 1. The fourth-order valence-corrected chi connectivity index (χ4v) is 1.84. The molecule has 0 radical (unpaired) electrons. The molecule has 0 spiro atoms. The molecule has 1 unspecified atom stereocenters. The molecule has 0 N–H and O–H groups in total. The zero-order valence-electron chi connectivity index (χ0n) is 11.5. The SMILES string of the molecule is CCOC1(CCl)Oc2cccc(OC(=O)N(C)C)c2O1. The minimum atomic E-state index is -1.38. The molecule has 0 aromatic heterocycles. The molecule has 0 saturated carbocycles. The summed E-state index contributed by atoms with van der Waals surface area (Å²) in [7, 11) is 3.18. The lowest BCUT2D eigenvalue weighted by Gasteiger charge is -2.24. The van der Waals surface area contributed by atoms with Crippen LogP contribution in [0.15, 0.2) is 18.2 Å². The largest absolute Gasteiger partial charge is 0.425 e. The third-order valence-electron chi connectivity index (χ3n) is 2.56. The fraction of sp³-hybridized carbons (Fsp3) is 0.462. The number of hydrogen-bond acceptors (Lipinski definition) is 5. The van der Waals surface area contributed by atoms with Gasteiger partial charge in [0, 0.05) is 14.1 Å². The van der Waals surface area contributed by atoms with Gasteiger partial charge in [-0.3, -0.25) is 0 Å². The Labute approximate surface area is 122 Å². The van der Waals surface area contributed by atoms with E-state index in [0.717, 1.165) is 0 Å². The van der Waals surface area contributed by atoms with Gasteiger partial charge >= 0.3 is 12.1 Å². The monoisotopic (exact) mass is 301 g/mol. The maximum Gasteiger partial charge on any atom is 0.414 e. The summed E-state index contributed by atoms with van der Waals surface area (Å²) in [4.78, 5) is 12.9. The van der Waals surface area contributed by atoms with Crippen molar-refractivity contribution < 1.29 is 23.7 Å². The van der Waals surface area contributed by atoms with Crippen molar-refractivity contribution in [3.05, 3.63) is 18.2 Å². The average molecular weight is 302 g/mol. The Hall–Kier alpha value is -1.66. The first-order valence-electron chi connectivity index (χ1n) is 6.11. The normalized spacial score (nSPS) is 19.8. The Kier molecular flexibility index (Phi) is 4.25. The average Bonchev–Trinajstić information content (AvgIpc) is 2.79. The van der Waals surface area contributed by atoms with E-state index in [2.05, 4.69) is 0 Å². The molecule has 110 valence electrons. The Morgan fingerprint density at radius 1 is 1.40 bits per heavy atom. The van der Waals surface area contributed by atoms with Crippen LogP contribution in [0.3, 0.4) is 0 Å². The molecule has 1 atom stereocenters. The third-order valence-corrected chi connectivity index (χ3v) is 2.88. The number of carbonyl (C=O) groups is 1. The molecule has 1 aromatic rings. The van der Waals surface area contributed by atoms with E-state index in [4.69, 9.17) is 30.5 Å². The first kappa shape index (κ1) is 14.7. The topological polar surface area (TPSA) is 57.2 Å². The van der Waals surface area contributed by atoms with Crippen LogP contribution in [0.1, 0.15) is 6.92 Å². The molecule has 1 heterocycles. The number of nitrogens with zero attached hydrogens (tertiary/aromatic N) is 1. The second-order valence-corrected chi connectivity index (χ2v) is 4.57. The van der Waals surface area contributed by atoms with Crippen molar-refractivity contribution in [2.24, 2.45) is 0 Å². The van der Waals surface area contributed by atoms with E-state index >= 15 is 0 Å². The lowest BCUT2D eigenvalue weighted by molar-refractivity contribution is -0.263. The van der Waals surface area contributed by atoms with Gasteiger partial charge in [0.05, 0.1) is 6.61 Å². The summed E-state index contributed by atoms with van der Waals surface area (Å²) in [6, 6.07) is 4.99. The van der Waals surface area contributed by atoms with Gasteiger partial charge in [-0.1, -0.05) is 6.07 Å². The zero-order chi connectivity index (χ0) is 14.8. The predicted octanol–water partition coefficient (Wildman–Crippen LogP) is 2.45. The lowest BCUT2D eigenvalue weighted by Crippen LogP contribution is -2.43. The standard InChI is InChI=1S/C13H16ClNO5/c1-4-17-13(8-14)19-10-7-5-6-9(11(10)20-13)18-12(16)15(2)3/h5-7H,4,8H2,1-3H3. The number of benzene rings is 1. The van der Waals surface area contributed by atoms with Crippen molar-refractivity contribution in [2.75, 3.05) is 26.6 Å². The van der Waals surface area contributed by atoms with Crippen molar-refractivity contribution in [1.29, 1.82) is 0 Å². The van der Waals surface area contributed by atoms with E-state index in [9.17, 15) is 4.79 Å². The molecular formula is C13H16ClNO5. The van der Waals surface area contributed by atoms with Crippen LogP contribution in [-0.4, -0.2) is 43.5 Å². The van der Waals surface area contributed by atoms with E-state index in [-0.39, 0.29) is 11.6 Å². The van der Waals surface area contributed by atoms with E-state index in [1.807, 2.05) is 0 Å².